The molecule has 3 aromatic rings. The summed E-state index contributed by atoms with van der Waals surface area (Å²) in [6.07, 6.45) is 4.91. The third-order valence-corrected chi connectivity index (χ3v) is 3.99. The zero-order valence-electron chi connectivity index (χ0n) is 14.2. The van der Waals surface area contributed by atoms with Crippen molar-refractivity contribution in [1.82, 2.24) is 15.3 Å². The minimum atomic E-state index is -0.690. The fourth-order valence-electron chi connectivity index (χ4n) is 2.46. The van der Waals surface area contributed by atoms with Crippen molar-refractivity contribution in [1.29, 1.82) is 0 Å². The molecule has 0 atom stereocenters. The number of carbonyl (C=O) groups excluding carboxylic acids is 1. The largest absolute Gasteiger partial charge is 0.352 e. The van der Waals surface area contributed by atoms with E-state index in [-0.39, 0.29) is 11.5 Å². The van der Waals surface area contributed by atoms with Crippen LogP contribution in [0.15, 0.2) is 54.7 Å². The van der Waals surface area contributed by atoms with Gasteiger partial charge in [0.1, 0.15) is 17.5 Å². The van der Waals surface area contributed by atoms with Crippen molar-refractivity contribution in [3.05, 3.63) is 82.7 Å². The number of aromatic nitrogens is 2. The molecule has 7 heteroatoms. The zero-order valence-corrected chi connectivity index (χ0v) is 14.9. The number of benzene rings is 2. The summed E-state index contributed by atoms with van der Waals surface area (Å²) in [5, 5.41) is 3.36. The van der Waals surface area contributed by atoms with Crippen molar-refractivity contribution in [2.24, 2.45) is 0 Å². The van der Waals surface area contributed by atoms with E-state index in [4.69, 9.17) is 11.6 Å². The molecule has 4 nitrogen and oxygen atoms in total. The van der Waals surface area contributed by atoms with Gasteiger partial charge in [0.15, 0.2) is 0 Å². The third kappa shape index (κ3) is 5.49. The molecule has 1 amide bonds. The third-order valence-electron chi connectivity index (χ3n) is 3.74. The molecule has 0 aliphatic rings. The van der Waals surface area contributed by atoms with Crippen LogP contribution in [0.2, 0.25) is 5.02 Å². The van der Waals surface area contributed by atoms with E-state index in [1.54, 1.807) is 18.3 Å². The number of nitrogens with one attached hydrogen (secondary N) is 2. The van der Waals surface area contributed by atoms with Crippen molar-refractivity contribution in [2.75, 3.05) is 6.54 Å². The van der Waals surface area contributed by atoms with Gasteiger partial charge in [-0.15, -0.1) is 0 Å². The molecule has 2 N–H and O–H groups in total. The number of halogens is 3. The lowest BCUT2D eigenvalue weighted by Gasteiger charge is -2.00. The predicted octanol–water partition coefficient (Wildman–Crippen LogP) is 4.38. The quantitative estimate of drug-likeness (QED) is 0.617. The number of rotatable bonds is 6. The molecule has 0 saturated heterocycles. The molecule has 1 heterocycles. The second-order valence-electron chi connectivity index (χ2n) is 5.82. The lowest BCUT2D eigenvalue weighted by Crippen LogP contribution is -2.23. The maximum Gasteiger partial charge on any atom is 0.244 e. The predicted molar refractivity (Wildman–Crippen MR) is 101 cm³/mol. The molecule has 0 saturated carbocycles. The summed E-state index contributed by atoms with van der Waals surface area (Å²) in [7, 11) is 0. The number of hydrogen-bond acceptors (Lipinski definition) is 2. The highest BCUT2D eigenvalue weighted by Gasteiger charge is 2.05. The van der Waals surface area contributed by atoms with E-state index in [1.165, 1.54) is 12.2 Å². The number of aromatic amines is 1. The van der Waals surface area contributed by atoms with Crippen molar-refractivity contribution in [3.63, 3.8) is 0 Å². The standard InChI is InChI=1S/C20H16ClF2N3O/c21-15-4-2-14(3-5-15)20-25-12-18(26-20)7-8-24-19(27)6-1-13-9-16(22)11-17(23)10-13/h1-6,9-12H,7-8H2,(H,24,27)(H,25,26). The van der Waals surface area contributed by atoms with Gasteiger partial charge in [0, 0.05) is 41.9 Å². The fraction of sp³-hybridized carbons (Fsp3) is 0.100. The summed E-state index contributed by atoms with van der Waals surface area (Å²) in [5.41, 5.74) is 2.00. The second kappa shape index (κ2) is 8.60. The first kappa shape index (κ1) is 18.8. The van der Waals surface area contributed by atoms with E-state index in [9.17, 15) is 13.6 Å². The number of imidazole rings is 1. The van der Waals surface area contributed by atoms with Gasteiger partial charge >= 0.3 is 0 Å². The summed E-state index contributed by atoms with van der Waals surface area (Å²) >= 11 is 5.87. The van der Waals surface area contributed by atoms with E-state index in [0.29, 0.717) is 18.0 Å². The molecular formula is C20H16ClF2N3O. The van der Waals surface area contributed by atoms with E-state index < -0.39 is 11.6 Å². The summed E-state index contributed by atoms with van der Waals surface area (Å²) in [5.74, 6) is -1.01. The average molecular weight is 388 g/mol. The number of nitrogens with zero attached hydrogens (tertiary/aromatic N) is 1. The molecule has 0 spiro atoms. The van der Waals surface area contributed by atoms with Crippen LogP contribution in [0.4, 0.5) is 8.78 Å². The maximum atomic E-state index is 13.1. The van der Waals surface area contributed by atoms with Crippen LogP contribution in [0.1, 0.15) is 11.3 Å². The summed E-state index contributed by atoms with van der Waals surface area (Å²) in [6.45, 7) is 0.381. The Kier molecular flexibility index (Phi) is 5.98. The van der Waals surface area contributed by atoms with E-state index >= 15 is 0 Å². The molecule has 1 aromatic heterocycles. The monoisotopic (exact) mass is 387 g/mol. The normalized spacial score (nSPS) is 11.1. The molecule has 0 aliphatic carbocycles. The van der Waals surface area contributed by atoms with Crippen LogP contribution in [0.25, 0.3) is 17.5 Å². The first-order valence-electron chi connectivity index (χ1n) is 8.22. The molecule has 0 unspecified atom stereocenters. The van der Waals surface area contributed by atoms with Crippen molar-refractivity contribution < 1.29 is 13.6 Å². The highest BCUT2D eigenvalue weighted by molar-refractivity contribution is 6.30. The number of carbonyl (C=O) groups is 1. The first-order valence-corrected chi connectivity index (χ1v) is 8.59. The molecule has 0 aliphatic heterocycles. The van der Waals surface area contributed by atoms with Crippen LogP contribution >= 0.6 is 11.6 Å². The molecular weight excluding hydrogens is 372 g/mol. The summed E-state index contributed by atoms with van der Waals surface area (Å²) in [6, 6.07) is 10.4. The van der Waals surface area contributed by atoms with E-state index in [2.05, 4.69) is 15.3 Å². The van der Waals surface area contributed by atoms with Crippen LogP contribution in [0, 0.1) is 11.6 Å². The number of amides is 1. The van der Waals surface area contributed by atoms with Gasteiger partial charge < -0.3 is 10.3 Å². The zero-order chi connectivity index (χ0) is 19.2. The molecule has 2 aromatic carbocycles. The molecule has 138 valence electrons. The molecule has 0 fully saturated rings. The second-order valence-corrected chi connectivity index (χ2v) is 6.26. The Morgan fingerprint density at radius 3 is 2.56 bits per heavy atom. The highest BCUT2D eigenvalue weighted by atomic mass is 35.5. The van der Waals surface area contributed by atoms with Crippen LogP contribution in [-0.2, 0) is 11.2 Å². The Morgan fingerprint density at radius 1 is 1.15 bits per heavy atom. The van der Waals surface area contributed by atoms with Gasteiger partial charge in [0.05, 0.1) is 5.69 Å². The minimum Gasteiger partial charge on any atom is -0.352 e. The molecule has 0 radical (unpaired) electrons. The van der Waals surface area contributed by atoms with Crippen LogP contribution in [0.5, 0.6) is 0 Å². The molecule has 0 bridgehead atoms. The smallest absolute Gasteiger partial charge is 0.244 e. The lowest BCUT2D eigenvalue weighted by atomic mass is 10.2. The maximum absolute atomic E-state index is 13.1. The van der Waals surface area contributed by atoms with E-state index in [0.717, 1.165) is 35.3 Å². The fourth-order valence-corrected chi connectivity index (χ4v) is 2.59. The van der Waals surface area contributed by atoms with Gasteiger partial charge in [-0.2, -0.15) is 0 Å². The topological polar surface area (TPSA) is 57.8 Å². The van der Waals surface area contributed by atoms with Crippen molar-refractivity contribution in [3.8, 4) is 11.4 Å². The van der Waals surface area contributed by atoms with Crippen molar-refractivity contribution in [2.45, 2.75) is 6.42 Å². The Hall–Kier alpha value is -2.99. The van der Waals surface area contributed by atoms with Gasteiger partial charge in [-0.05, 0) is 48.0 Å². The van der Waals surface area contributed by atoms with Gasteiger partial charge in [-0.3, -0.25) is 4.79 Å². The Labute approximate surface area is 159 Å². The highest BCUT2D eigenvalue weighted by Crippen LogP contribution is 2.18. The SMILES string of the molecule is O=C(C=Cc1cc(F)cc(F)c1)NCCc1c[nH]c(-c2ccc(Cl)cc2)n1. The van der Waals surface area contributed by atoms with Gasteiger partial charge in [0.25, 0.3) is 0 Å². The summed E-state index contributed by atoms with van der Waals surface area (Å²) < 4.78 is 26.2. The Balaban J connectivity index is 1.50. The van der Waals surface area contributed by atoms with Gasteiger partial charge in [-0.25, -0.2) is 13.8 Å². The van der Waals surface area contributed by atoms with Crippen LogP contribution < -0.4 is 5.32 Å². The number of hydrogen-bond donors (Lipinski definition) is 2. The Bertz CT molecular complexity index is 947. The average Bonchev–Trinajstić information content (AvgIpc) is 3.09. The number of H-pyrrole nitrogens is 1. The van der Waals surface area contributed by atoms with Gasteiger partial charge in [-0.1, -0.05) is 11.6 Å². The lowest BCUT2D eigenvalue weighted by molar-refractivity contribution is -0.116. The van der Waals surface area contributed by atoms with Crippen molar-refractivity contribution >= 4 is 23.6 Å². The molecule has 27 heavy (non-hydrogen) atoms. The first-order chi connectivity index (χ1) is 13.0. The van der Waals surface area contributed by atoms with Gasteiger partial charge in [0.2, 0.25) is 5.91 Å². The Morgan fingerprint density at radius 2 is 1.85 bits per heavy atom. The van der Waals surface area contributed by atoms with Crippen LogP contribution in [0.3, 0.4) is 0 Å². The van der Waals surface area contributed by atoms with E-state index in [1.807, 2.05) is 12.1 Å². The summed E-state index contributed by atoms with van der Waals surface area (Å²) in [4.78, 5) is 19.4. The minimum absolute atomic E-state index is 0.280. The molecule has 3 rings (SSSR count). The van der Waals surface area contributed by atoms with Crippen LogP contribution in [-0.4, -0.2) is 22.4 Å².